The fourth-order valence-corrected chi connectivity index (χ4v) is 6.37. The van der Waals surface area contributed by atoms with Crippen molar-refractivity contribution in [3.8, 4) is 5.75 Å². The van der Waals surface area contributed by atoms with Gasteiger partial charge in [0.25, 0.3) is 0 Å². The maximum Gasteiger partial charge on any atom is 1.00 e. The first-order valence-electron chi connectivity index (χ1n) is 14.4. The maximum atomic E-state index is 12.3. The van der Waals surface area contributed by atoms with Gasteiger partial charge in [-0.1, -0.05) is 24.3 Å². The predicted molar refractivity (Wildman–Crippen MR) is 175 cm³/mol. The van der Waals surface area contributed by atoms with Gasteiger partial charge in [0.2, 0.25) is 0 Å². The van der Waals surface area contributed by atoms with E-state index in [-0.39, 0.29) is 148 Å². The van der Waals surface area contributed by atoms with Gasteiger partial charge in [-0.15, -0.1) is 18.9 Å². The largest absolute Gasteiger partial charge is 1.00 e. The number of nitrogens with zero attached hydrogens (tertiary/aromatic N) is 4. The normalized spacial score (nSPS) is 11.6. The van der Waals surface area contributed by atoms with E-state index in [1.165, 1.54) is 24.3 Å². The van der Waals surface area contributed by atoms with Gasteiger partial charge >= 0.3 is 118 Å². The predicted octanol–water partition coefficient (Wildman–Crippen LogP) is -7.75. The van der Waals surface area contributed by atoms with E-state index in [2.05, 4.69) is 39.2 Å². The number of benzene rings is 4. The second-order valence-corrected chi connectivity index (χ2v) is 13.9. The number of phenolic OH excluding ortho intramolecular Hbond substituents is 1. The summed E-state index contributed by atoms with van der Waals surface area (Å²) in [5.74, 6) is -0.959. The molecular formula is C28H25N5Na4O15S4. The zero-order valence-electron chi connectivity index (χ0n) is 30.2. The molecular weight excluding hydrogens is 867 g/mol. The average Bonchev–Trinajstić information content (AvgIpc) is 3.10. The number of hydrogen-bond acceptors (Lipinski definition) is 22. The second kappa shape index (κ2) is 27.9. The molecule has 3 N–H and O–H groups in total. The molecule has 0 heterocycles. The van der Waals surface area contributed by atoms with E-state index < -0.39 is 58.2 Å². The second-order valence-electron chi connectivity index (χ2n) is 10.2. The van der Waals surface area contributed by atoms with Crippen LogP contribution < -0.4 is 134 Å². The Morgan fingerprint density at radius 2 is 1.04 bits per heavy atom. The van der Waals surface area contributed by atoms with E-state index in [1.54, 1.807) is 24.3 Å². The summed E-state index contributed by atoms with van der Waals surface area (Å²) in [7, 11) is -10.7. The molecule has 0 bridgehead atoms. The Hall–Kier alpha value is 0.140. The third-order valence-electron chi connectivity index (χ3n) is 6.85. The van der Waals surface area contributed by atoms with Crippen molar-refractivity contribution < 1.29 is 187 Å². The number of fused-ring (bicyclic) bond motifs is 1. The third kappa shape index (κ3) is 17.3. The number of aromatic hydroxyl groups is 1. The average molecular weight is 892 g/mol. The van der Waals surface area contributed by atoms with Gasteiger partial charge in [-0.2, -0.15) is 10.2 Å². The number of nitrogen functional groups attached to an aromatic ring is 1. The van der Waals surface area contributed by atoms with Gasteiger partial charge in [-0.3, -0.25) is 18.4 Å². The SMILES string of the molecule is Nc1c(N=Nc2ccc(CCCOSOO[O-])cc2)c(S(=O)(=O)[O-])cc2cc(S(=O)(=O)[O-])c(N=Nc3ccc(CCCOSOO[O-])cc3)c(O)c12.[Na+].[Na+].[Na+].[Na+]. The van der Waals surface area contributed by atoms with Crippen molar-refractivity contribution in [1.82, 2.24) is 0 Å². The number of azo groups is 2. The van der Waals surface area contributed by atoms with Gasteiger partial charge < -0.3 is 30.5 Å². The summed E-state index contributed by atoms with van der Waals surface area (Å²) in [4.78, 5) is -2.07. The molecule has 28 heteroatoms. The topological polar surface area (TPSA) is 312 Å². The molecule has 0 radical (unpaired) electrons. The standard InChI is InChI=1S/C28H29N5O15S4.4Na/c29-25-24-19(15-22(51(37,38)39)26(25)32-30-20-9-5-17(6-10-20)3-1-13-43-49-47-45-35)16-23(52(40,41)42)27(28(24)34)33-31-21-11-7-18(8-12-21)4-2-14-44-50-48-46-36;;;;/h5-12,15-16,34-36H,1-4,13-14,29H2,(H,37,38,39)(H,40,41,42);;;;/q;4*+1/p-4. The van der Waals surface area contributed by atoms with Crippen LogP contribution in [0, 0.1) is 0 Å². The van der Waals surface area contributed by atoms with Crippen LogP contribution in [0.15, 0.2) is 90.9 Å². The van der Waals surface area contributed by atoms with Crippen LogP contribution in [0.1, 0.15) is 24.0 Å². The smallest absolute Gasteiger partial charge is 0.744 e. The Kier molecular flexibility index (Phi) is 27.9. The molecule has 0 unspecified atom stereocenters. The van der Waals surface area contributed by atoms with Crippen molar-refractivity contribution in [3.05, 3.63) is 71.8 Å². The van der Waals surface area contributed by atoms with E-state index in [9.17, 15) is 41.6 Å². The Morgan fingerprint density at radius 3 is 1.43 bits per heavy atom. The Balaban J connectivity index is 0.00000756. The van der Waals surface area contributed by atoms with Gasteiger partial charge in [0.05, 0.1) is 45.5 Å². The maximum absolute atomic E-state index is 12.3. The van der Waals surface area contributed by atoms with E-state index in [0.717, 1.165) is 11.1 Å². The minimum atomic E-state index is -5.36. The monoisotopic (exact) mass is 891 g/mol. The molecule has 0 aliphatic carbocycles. The van der Waals surface area contributed by atoms with Crippen LogP contribution in [0.3, 0.4) is 0 Å². The van der Waals surface area contributed by atoms with Gasteiger partial charge in [0, 0.05) is 0 Å². The first kappa shape index (κ1) is 56.1. The van der Waals surface area contributed by atoms with Crippen LogP contribution in [-0.4, -0.2) is 44.3 Å². The molecule has 0 aliphatic heterocycles. The molecule has 20 nitrogen and oxygen atoms in total. The van der Waals surface area contributed by atoms with E-state index in [1.807, 2.05) is 0 Å². The molecule has 0 spiro atoms. The summed E-state index contributed by atoms with van der Waals surface area (Å²) >= 11 is 0.780. The fraction of sp³-hybridized carbons (Fsp3) is 0.214. The van der Waals surface area contributed by atoms with Crippen molar-refractivity contribution in [2.24, 2.45) is 20.5 Å². The Labute approximate surface area is 417 Å². The van der Waals surface area contributed by atoms with Crippen molar-refractivity contribution in [2.75, 3.05) is 18.9 Å². The van der Waals surface area contributed by atoms with Gasteiger partial charge in [-0.05, 0) is 78.6 Å². The summed E-state index contributed by atoms with van der Waals surface area (Å²) in [6.07, 6.45) is 2.22. The van der Waals surface area contributed by atoms with Crippen LogP contribution in [0.5, 0.6) is 5.75 Å². The number of nitrogens with two attached hydrogens (primary N) is 1. The number of hydrogen-bond donors (Lipinski definition) is 2. The van der Waals surface area contributed by atoms with Crippen LogP contribution in [-0.2, 0) is 60.2 Å². The Bertz CT molecular complexity index is 1980. The summed E-state index contributed by atoms with van der Waals surface area (Å²) < 4.78 is 91.3. The van der Waals surface area contributed by atoms with Crippen LogP contribution in [0.25, 0.3) is 10.8 Å². The van der Waals surface area contributed by atoms with Gasteiger partial charge in [0.15, 0.2) is 30.4 Å². The van der Waals surface area contributed by atoms with Gasteiger partial charge in [0.1, 0.15) is 31.6 Å². The molecule has 280 valence electrons. The molecule has 0 aliphatic rings. The summed E-state index contributed by atoms with van der Waals surface area (Å²) in [5, 5.41) is 51.8. The van der Waals surface area contributed by atoms with Crippen LogP contribution in [0.4, 0.5) is 28.4 Å². The molecule has 0 saturated carbocycles. The molecule has 0 fully saturated rings. The minimum Gasteiger partial charge on any atom is -0.744 e. The molecule has 0 aromatic heterocycles. The first-order valence-corrected chi connectivity index (χ1v) is 18.5. The quantitative estimate of drug-likeness (QED) is 0.0122. The summed E-state index contributed by atoms with van der Waals surface area (Å²) in [5.41, 5.74) is 6.30. The van der Waals surface area contributed by atoms with Crippen molar-refractivity contribution in [1.29, 1.82) is 0 Å². The molecule has 0 atom stereocenters. The number of aryl methyl sites for hydroxylation is 2. The van der Waals surface area contributed by atoms with Crippen molar-refractivity contribution in [3.63, 3.8) is 0 Å². The van der Waals surface area contributed by atoms with Crippen molar-refractivity contribution in [2.45, 2.75) is 35.5 Å². The molecule has 4 aromatic carbocycles. The Morgan fingerprint density at radius 1 is 0.643 bits per heavy atom. The van der Waals surface area contributed by atoms with E-state index in [4.69, 9.17) is 14.1 Å². The summed E-state index contributed by atoms with van der Waals surface area (Å²) in [6, 6.07) is 14.3. The number of rotatable bonds is 20. The van der Waals surface area contributed by atoms with Crippen LogP contribution in [0.2, 0.25) is 0 Å². The molecule has 56 heavy (non-hydrogen) atoms. The summed E-state index contributed by atoms with van der Waals surface area (Å²) in [6.45, 7) is 0.480. The van der Waals surface area contributed by atoms with E-state index >= 15 is 0 Å². The van der Waals surface area contributed by atoms with Crippen molar-refractivity contribution >= 4 is 84.1 Å². The zero-order chi connectivity index (χ0) is 37.7. The van der Waals surface area contributed by atoms with E-state index in [0.29, 0.717) is 62.5 Å². The zero-order valence-corrected chi connectivity index (χ0v) is 41.4. The first-order chi connectivity index (χ1) is 24.8. The molecule has 4 rings (SSSR count). The number of phenols is 1. The molecule has 0 amide bonds. The molecule has 0 saturated heterocycles. The van der Waals surface area contributed by atoms with Crippen LogP contribution >= 0.6 is 24.6 Å². The fourth-order valence-electron chi connectivity index (χ4n) is 4.57. The molecule has 4 aromatic rings. The third-order valence-corrected chi connectivity index (χ3v) is 9.30. The minimum absolute atomic E-state index is 0. The van der Waals surface area contributed by atoms with Gasteiger partial charge in [-0.25, -0.2) is 16.8 Å². The number of anilines is 1.